The van der Waals surface area contributed by atoms with Crippen molar-refractivity contribution >= 4 is 17.5 Å². The molecule has 0 bridgehead atoms. The lowest BCUT2D eigenvalue weighted by Crippen LogP contribution is -2.43. The average molecular weight is 290 g/mol. The largest absolute Gasteiger partial charge is 0.416 e. The van der Waals surface area contributed by atoms with E-state index in [1.807, 2.05) is 0 Å². The van der Waals surface area contributed by atoms with Crippen molar-refractivity contribution in [2.45, 2.75) is 32.5 Å². The molecule has 5 nitrogen and oxygen atoms in total. The van der Waals surface area contributed by atoms with E-state index < -0.39 is 17.3 Å². The number of nitrogens with one attached hydrogen (secondary N) is 2. The normalized spacial score (nSPS) is 12.1. The first kappa shape index (κ1) is 16.1. The lowest BCUT2D eigenvalue weighted by Gasteiger charge is -2.20. The number of hydrogen-bond donors (Lipinski definition) is 3. The lowest BCUT2D eigenvalue weighted by atomic mass is 10.1. The number of nitrogen functional groups attached to an aromatic ring is 1. The number of aromatic nitrogens is 1. The number of pyridine rings is 1. The molecule has 0 saturated carbocycles. The van der Waals surface area contributed by atoms with Gasteiger partial charge >= 0.3 is 6.18 Å². The standard InChI is InChI=1S/C12H17F3N4O/c1-11(2,3)19-10(20)6-17-9-5-7(12(13,14)15)4-8(16)18-9/h4-5H,6H2,1-3H3,(H,19,20)(H3,16,17,18). The van der Waals surface area contributed by atoms with Gasteiger partial charge in [-0.2, -0.15) is 13.2 Å². The molecule has 1 aromatic rings. The number of amides is 1. The van der Waals surface area contributed by atoms with Gasteiger partial charge in [-0.05, 0) is 32.9 Å². The van der Waals surface area contributed by atoms with Crippen molar-refractivity contribution < 1.29 is 18.0 Å². The second kappa shape index (κ2) is 5.56. The zero-order chi connectivity index (χ0) is 15.6. The summed E-state index contributed by atoms with van der Waals surface area (Å²) >= 11 is 0. The van der Waals surface area contributed by atoms with Crippen molar-refractivity contribution in [3.8, 4) is 0 Å². The van der Waals surface area contributed by atoms with Crippen molar-refractivity contribution in [1.82, 2.24) is 10.3 Å². The molecule has 0 aliphatic heterocycles. The maximum atomic E-state index is 12.6. The fourth-order valence-corrected chi connectivity index (χ4v) is 1.44. The van der Waals surface area contributed by atoms with Crippen molar-refractivity contribution in [2.75, 3.05) is 17.6 Å². The highest BCUT2D eigenvalue weighted by molar-refractivity contribution is 5.81. The number of anilines is 2. The molecule has 0 aliphatic carbocycles. The molecule has 1 rings (SSSR count). The summed E-state index contributed by atoms with van der Waals surface area (Å²) in [5, 5.41) is 5.18. The SMILES string of the molecule is CC(C)(C)NC(=O)CNc1cc(C(F)(F)F)cc(N)n1. The second-order valence-corrected chi connectivity index (χ2v) is 5.32. The number of carbonyl (C=O) groups is 1. The molecule has 112 valence electrons. The van der Waals surface area contributed by atoms with Crippen LogP contribution in [0.2, 0.25) is 0 Å². The summed E-state index contributed by atoms with van der Waals surface area (Å²) < 4.78 is 37.7. The summed E-state index contributed by atoms with van der Waals surface area (Å²) in [4.78, 5) is 15.2. The smallest absolute Gasteiger partial charge is 0.384 e. The molecule has 4 N–H and O–H groups in total. The molecule has 0 saturated heterocycles. The number of nitrogens with zero attached hydrogens (tertiary/aromatic N) is 1. The van der Waals surface area contributed by atoms with E-state index >= 15 is 0 Å². The first-order valence-electron chi connectivity index (χ1n) is 5.87. The summed E-state index contributed by atoms with van der Waals surface area (Å²) in [6.07, 6.45) is -4.51. The van der Waals surface area contributed by atoms with E-state index in [9.17, 15) is 18.0 Å². The Hall–Kier alpha value is -1.99. The monoisotopic (exact) mass is 290 g/mol. The number of alkyl halides is 3. The summed E-state index contributed by atoms with van der Waals surface area (Å²) in [7, 11) is 0. The number of rotatable bonds is 3. The van der Waals surface area contributed by atoms with Gasteiger partial charge in [0.1, 0.15) is 11.6 Å². The molecular weight excluding hydrogens is 273 g/mol. The Morgan fingerprint density at radius 1 is 1.30 bits per heavy atom. The minimum atomic E-state index is -4.51. The maximum Gasteiger partial charge on any atom is 0.416 e. The van der Waals surface area contributed by atoms with Crippen LogP contribution in [0.5, 0.6) is 0 Å². The third-order valence-electron chi connectivity index (χ3n) is 2.12. The molecule has 0 aliphatic rings. The summed E-state index contributed by atoms with van der Waals surface area (Å²) in [5.41, 5.74) is 3.98. The van der Waals surface area contributed by atoms with Crippen LogP contribution in [-0.4, -0.2) is 23.0 Å². The van der Waals surface area contributed by atoms with Crippen LogP contribution in [0.4, 0.5) is 24.8 Å². The molecule has 0 fully saturated rings. The molecular formula is C12H17F3N4O. The fourth-order valence-electron chi connectivity index (χ4n) is 1.44. The summed E-state index contributed by atoms with van der Waals surface area (Å²) in [6, 6.07) is 1.54. The van der Waals surface area contributed by atoms with Crippen LogP contribution < -0.4 is 16.4 Å². The highest BCUT2D eigenvalue weighted by Gasteiger charge is 2.31. The van der Waals surface area contributed by atoms with Gasteiger partial charge in [-0.15, -0.1) is 0 Å². The van der Waals surface area contributed by atoms with Crippen LogP contribution in [-0.2, 0) is 11.0 Å². The zero-order valence-corrected chi connectivity index (χ0v) is 11.4. The van der Waals surface area contributed by atoms with E-state index in [0.717, 1.165) is 12.1 Å². The van der Waals surface area contributed by atoms with Crippen molar-refractivity contribution in [1.29, 1.82) is 0 Å². The van der Waals surface area contributed by atoms with Gasteiger partial charge in [0.25, 0.3) is 0 Å². The molecule has 0 unspecified atom stereocenters. The van der Waals surface area contributed by atoms with E-state index in [2.05, 4.69) is 15.6 Å². The van der Waals surface area contributed by atoms with E-state index in [4.69, 9.17) is 5.73 Å². The topological polar surface area (TPSA) is 80.0 Å². The average Bonchev–Trinajstić information content (AvgIpc) is 2.22. The van der Waals surface area contributed by atoms with E-state index in [-0.39, 0.29) is 24.1 Å². The second-order valence-electron chi connectivity index (χ2n) is 5.32. The van der Waals surface area contributed by atoms with Crippen LogP contribution in [0.1, 0.15) is 26.3 Å². The third kappa shape index (κ3) is 5.33. The Balaban J connectivity index is 2.74. The molecule has 0 radical (unpaired) electrons. The van der Waals surface area contributed by atoms with Gasteiger partial charge in [-0.25, -0.2) is 4.98 Å². The molecule has 1 amide bonds. The Labute approximate surface area is 114 Å². The van der Waals surface area contributed by atoms with E-state index in [1.165, 1.54) is 0 Å². The fraction of sp³-hybridized carbons (Fsp3) is 0.500. The molecule has 0 spiro atoms. The molecule has 20 heavy (non-hydrogen) atoms. The Kier molecular flexibility index (Phi) is 4.46. The van der Waals surface area contributed by atoms with E-state index in [0.29, 0.717) is 0 Å². The number of nitrogens with two attached hydrogens (primary N) is 1. The van der Waals surface area contributed by atoms with Crippen LogP contribution in [0.25, 0.3) is 0 Å². The van der Waals surface area contributed by atoms with Crippen molar-refractivity contribution in [3.05, 3.63) is 17.7 Å². The van der Waals surface area contributed by atoms with Gasteiger partial charge in [0.15, 0.2) is 0 Å². The highest BCUT2D eigenvalue weighted by Crippen LogP contribution is 2.31. The third-order valence-corrected chi connectivity index (χ3v) is 2.12. The molecule has 0 atom stereocenters. The van der Waals surface area contributed by atoms with Gasteiger partial charge in [-0.1, -0.05) is 0 Å². The quantitative estimate of drug-likeness (QED) is 0.795. The molecule has 8 heteroatoms. The van der Waals surface area contributed by atoms with Gasteiger partial charge in [-0.3, -0.25) is 4.79 Å². The first-order valence-corrected chi connectivity index (χ1v) is 5.87. The summed E-state index contributed by atoms with van der Waals surface area (Å²) in [6.45, 7) is 5.20. The minimum Gasteiger partial charge on any atom is -0.384 e. The predicted octanol–water partition coefficient (Wildman–Crippen LogP) is 2.01. The van der Waals surface area contributed by atoms with Crippen molar-refractivity contribution in [3.63, 3.8) is 0 Å². The summed E-state index contributed by atoms with van der Waals surface area (Å²) in [5.74, 6) is -0.713. The van der Waals surface area contributed by atoms with Gasteiger partial charge in [0, 0.05) is 5.54 Å². The van der Waals surface area contributed by atoms with E-state index in [1.54, 1.807) is 20.8 Å². The van der Waals surface area contributed by atoms with Crippen LogP contribution >= 0.6 is 0 Å². The lowest BCUT2D eigenvalue weighted by molar-refractivity contribution is -0.137. The Morgan fingerprint density at radius 3 is 2.40 bits per heavy atom. The van der Waals surface area contributed by atoms with Crippen LogP contribution in [0, 0.1) is 0 Å². The van der Waals surface area contributed by atoms with Gasteiger partial charge in [0.05, 0.1) is 12.1 Å². The number of hydrogen-bond acceptors (Lipinski definition) is 4. The minimum absolute atomic E-state index is 0.0959. The first-order chi connectivity index (χ1) is 8.97. The Bertz CT molecular complexity index is 494. The van der Waals surface area contributed by atoms with Crippen LogP contribution in [0.3, 0.4) is 0 Å². The molecule has 0 aromatic carbocycles. The molecule has 1 heterocycles. The Morgan fingerprint density at radius 2 is 1.90 bits per heavy atom. The number of halogens is 3. The van der Waals surface area contributed by atoms with Crippen molar-refractivity contribution in [2.24, 2.45) is 0 Å². The van der Waals surface area contributed by atoms with Gasteiger partial charge in [0.2, 0.25) is 5.91 Å². The van der Waals surface area contributed by atoms with Gasteiger partial charge < -0.3 is 16.4 Å². The van der Waals surface area contributed by atoms with Crippen LogP contribution in [0.15, 0.2) is 12.1 Å². The molecule has 1 aromatic heterocycles. The highest BCUT2D eigenvalue weighted by atomic mass is 19.4. The maximum absolute atomic E-state index is 12.6. The predicted molar refractivity (Wildman–Crippen MR) is 70.0 cm³/mol. The zero-order valence-electron chi connectivity index (χ0n) is 11.4. The number of carbonyl (C=O) groups excluding carboxylic acids is 1.